The van der Waals surface area contributed by atoms with Crippen LogP contribution in [-0.2, 0) is 13.1 Å². The van der Waals surface area contributed by atoms with Crippen LogP contribution in [0.3, 0.4) is 0 Å². The van der Waals surface area contributed by atoms with Crippen molar-refractivity contribution in [3.8, 4) is 5.88 Å². The fourth-order valence-electron chi connectivity index (χ4n) is 2.97. The molecule has 0 saturated carbocycles. The van der Waals surface area contributed by atoms with Crippen LogP contribution in [0.2, 0.25) is 0 Å². The Kier molecular flexibility index (Phi) is 4.30. The Labute approximate surface area is 149 Å². The van der Waals surface area contributed by atoms with E-state index in [-0.39, 0.29) is 24.0 Å². The Balaban J connectivity index is 1.61. The molecule has 4 rings (SSSR count). The minimum Gasteiger partial charge on any atom is -0.468 e. The zero-order valence-electron chi connectivity index (χ0n) is 13.8. The van der Waals surface area contributed by atoms with Gasteiger partial charge in [-0.3, -0.25) is 9.78 Å². The van der Waals surface area contributed by atoms with Gasteiger partial charge in [0, 0.05) is 30.5 Å². The number of fused-ring (bicyclic) bond motifs is 1. The minimum absolute atomic E-state index is 0.0694. The Morgan fingerprint density at radius 1 is 1.15 bits per heavy atom. The van der Waals surface area contributed by atoms with Crippen molar-refractivity contribution in [2.75, 3.05) is 6.54 Å². The molecule has 0 bridgehead atoms. The molecule has 3 aromatic rings. The molecule has 1 atom stereocenters. The van der Waals surface area contributed by atoms with Gasteiger partial charge in [0.1, 0.15) is 11.8 Å². The highest BCUT2D eigenvalue weighted by Gasteiger charge is 2.28. The largest absolute Gasteiger partial charge is 0.468 e. The number of carbonyl (C=O) groups is 1. The number of nitrogens with zero attached hydrogens (tertiary/aromatic N) is 5. The maximum absolute atomic E-state index is 13.9. The van der Waals surface area contributed by atoms with E-state index in [1.165, 1.54) is 36.9 Å². The summed E-state index contributed by atoms with van der Waals surface area (Å²) < 4.78 is 21.7. The van der Waals surface area contributed by atoms with E-state index in [1.54, 1.807) is 4.90 Å². The number of aromatic nitrogens is 4. The zero-order chi connectivity index (χ0) is 17.9. The van der Waals surface area contributed by atoms with Crippen molar-refractivity contribution in [1.29, 1.82) is 0 Å². The Bertz CT molecular complexity index is 915. The van der Waals surface area contributed by atoms with Gasteiger partial charge in [0.25, 0.3) is 11.8 Å². The first-order chi connectivity index (χ1) is 12.7. The normalized spacial score (nSPS) is 16.7. The van der Waals surface area contributed by atoms with Crippen LogP contribution in [0, 0.1) is 5.82 Å². The third-order valence-corrected chi connectivity index (χ3v) is 4.17. The molecule has 0 fully saturated rings. The van der Waals surface area contributed by atoms with Crippen LogP contribution in [0.1, 0.15) is 16.2 Å². The molecule has 8 heteroatoms. The molecule has 3 aromatic heterocycles. The maximum atomic E-state index is 13.9. The van der Waals surface area contributed by atoms with Gasteiger partial charge in [0.05, 0.1) is 25.8 Å². The summed E-state index contributed by atoms with van der Waals surface area (Å²) in [6.07, 6.45) is 7.36. The summed E-state index contributed by atoms with van der Waals surface area (Å²) in [4.78, 5) is 26.4. The summed E-state index contributed by atoms with van der Waals surface area (Å²) in [5, 5.41) is 0. The van der Waals surface area contributed by atoms with Crippen LogP contribution in [0.15, 0.2) is 55.2 Å². The standard InChI is InChI=1S/C18H16FN5O2/c19-15-4-1-5-22-17(15)26-14-11-23-8-2-3-13(23)10-24(12-14)18(25)16-9-20-6-7-21-16/h1-9,14H,10-12H2/t14-/m1/s1. The van der Waals surface area contributed by atoms with Crippen molar-refractivity contribution in [3.63, 3.8) is 0 Å². The first-order valence-corrected chi connectivity index (χ1v) is 8.17. The van der Waals surface area contributed by atoms with Gasteiger partial charge >= 0.3 is 0 Å². The highest BCUT2D eigenvalue weighted by Crippen LogP contribution is 2.20. The lowest BCUT2D eigenvalue weighted by molar-refractivity contribution is 0.0634. The Morgan fingerprint density at radius 3 is 2.88 bits per heavy atom. The lowest BCUT2D eigenvalue weighted by Gasteiger charge is -2.24. The van der Waals surface area contributed by atoms with Gasteiger partial charge in [0.15, 0.2) is 5.82 Å². The van der Waals surface area contributed by atoms with E-state index in [9.17, 15) is 9.18 Å². The van der Waals surface area contributed by atoms with Gasteiger partial charge < -0.3 is 14.2 Å². The predicted octanol–water partition coefficient (Wildman–Crippen LogP) is 1.92. The van der Waals surface area contributed by atoms with Crippen molar-refractivity contribution >= 4 is 5.91 Å². The average molecular weight is 353 g/mol. The highest BCUT2D eigenvalue weighted by atomic mass is 19.1. The van der Waals surface area contributed by atoms with Gasteiger partial charge in [-0.2, -0.15) is 0 Å². The van der Waals surface area contributed by atoms with Crippen LogP contribution < -0.4 is 4.74 Å². The Hall–Kier alpha value is -3.29. The van der Waals surface area contributed by atoms with Gasteiger partial charge in [-0.25, -0.2) is 14.4 Å². The zero-order valence-corrected chi connectivity index (χ0v) is 13.8. The second kappa shape index (κ2) is 6.91. The summed E-state index contributed by atoms with van der Waals surface area (Å²) in [5.41, 5.74) is 1.23. The molecule has 0 unspecified atom stereocenters. The molecule has 0 radical (unpaired) electrons. The van der Waals surface area contributed by atoms with Crippen LogP contribution in [0.25, 0.3) is 0 Å². The molecular weight excluding hydrogens is 337 g/mol. The number of pyridine rings is 1. The molecule has 0 aliphatic carbocycles. The molecular formula is C18H16FN5O2. The van der Waals surface area contributed by atoms with Crippen molar-refractivity contribution < 1.29 is 13.9 Å². The van der Waals surface area contributed by atoms with Gasteiger partial charge in [0.2, 0.25) is 0 Å². The third kappa shape index (κ3) is 3.26. The van der Waals surface area contributed by atoms with E-state index < -0.39 is 11.9 Å². The third-order valence-electron chi connectivity index (χ3n) is 4.17. The molecule has 1 aliphatic rings. The monoisotopic (exact) mass is 353 g/mol. The van der Waals surface area contributed by atoms with Crippen molar-refractivity contribution in [1.82, 2.24) is 24.4 Å². The molecule has 0 spiro atoms. The molecule has 132 valence electrons. The quantitative estimate of drug-likeness (QED) is 0.719. The number of hydrogen-bond donors (Lipinski definition) is 0. The first kappa shape index (κ1) is 16.2. The van der Waals surface area contributed by atoms with Gasteiger partial charge in [-0.05, 0) is 24.3 Å². The van der Waals surface area contributed by atoms with Gasteiger partial charge in [-0.15, -0.1) is 0 Å². The second-order valence-electron chi connectivity index (χ2n) is 5.96. The minimum atomic E-state index is -0.531. The number of ether oxygens (including phenoxy) is 1. The van der Waals surface area contributed by atoms with E-state index in [4.69, 9.17) is 4.74 Å². The van der Waals surface area contributed by atoms with Crippen molar-refractivity contribution in [2.45, 2.75) is 19.2 Å². The van der Waals surface area contributed by atoms with Crippen molar-refractivity contribution in [3.05, 3.63) is 72.5 Å². The lowest BCUT2D eigenvalue weighted by Crippen LogP contribution is -2.39. The fraction of sp³-hybridized carbons (Fsp3) is 0.222. The molecule has 0 N–H and O–H groups in total. The predicted molar refractivity (Wildman–Crippen MR) is 89.8 cm³/mol. The summed E-state index contributed by atoms with van der Waals surface area (Å²) >= 11 is 0. The van der Waals surface area contributed by atoms with Crippen LogP contribution in [0.5, 0.6) is 5.88 Å². The molecule has 7 nitrogen and oxygen atoms in total. The Morgan fingerprint density at radius 2 is 2.08 bits per heavy atom. The number of halogens is 1. The van der Waals surface area contributed by atoms with Crippen molar-refractivity contribution in [2.24, 2.45) is 0 Å². The molecule has 0 saturated heterocycles. The second-order valence-corrected chi connectivity index (χ2v) is 5.96. The van der Waals surface area contributed by atoms with E-state index in [1.807, 2.05) is 22.9 Å². The molecule has 4 heterocycles. The van der Waals surface area contributed by atoms with Crippen LogP contribution >= 0.6 is 0 Å². The van der Waals surface area contributed by atoms with Crippen LogP contribution in [-0.4, -0.2) is 43.0 Å². The van der Waals surface area contributed by atoms with E-state index in [2.05, 4.69) is 15.0 Å². The number of carbonyl (C=O) groups excluding carboxylic acids is 1. The van der Waals surface area contributed by atoms with E-state index in [0.717, 1.165) is 5.69 Å². The highest BCUT2D eigenvalue weighted by molar-refractivity contribution is 5.92. The summed E-state index contributed by atoms with van der Waals surface area (Å²) in [6.45, 7) is 1.18. The SMILES string of the molecule is O=C(c1cnccn1)N1Cc2cccn2C[C@@H](Oc2ncccc2F)C1. The molecule has 0 aromatic carbocycles. The smallest absolute Gasteiger partial charge is 0.274 e. The summed E-state index contributed by atoms with van der Waals surface area (Å²) in [5.74, 6) is -0.848. The maximum Gasteiger partial charge on any atom is 0.274 e. The first-order valence-electron chi connectivity index (χ1n) is 8.17. The number of hydrogen-bond acceptors (Lipinski definition) is 5. The molecule has 1 amide bonds. The van der Waals surface area contributed by atoms with E-state index in [0.29, 0.717) is 13.1 Å². The topological polar surface area (TPSA) is 73.1 Å². The summed E-state index contributed by atoms with van der Waals surface area (Å²) in [6, 6.07) is 6.65. The van der Waals surface area contributed by atoms with E-state index >= 15 is 0 Å². The fourth-order valence-corrected chi connectivity index (χ4v) is 2.97. The van der Waals surface area contributed by atoms with Crippen LogP contribution in [0.4, 0.5) is 4.39 Å². The van der Waals surface area contributed by atoms with Gasteiger partial charge in [-0.1, -0.05) is 0 Å². The lowest BCUT2D eigenvalue weighted by atomic mass is 10.3. The number of amides is 1. The average Bonchev–Trinajstić information content (AvgIpc) is 3.02. The molecule has 26 heavy (non-hydrogen) atoms. The summed E-state index contributed by atoms with van der Waals surface area (Å²) in [7, 11) is 0. The number of rotatable bonds is 3. The molecule has 1 aliphatic heterocycles.